The highest BCUT2D eigenvalue weighted by Crippen LogP contribution is 2.17. The van der Waals surface area contributed by atoms with Crippen LogP contribution in [0.25, 0.3) is 0 Å². The molecule has 120 valence electrons. The zero-order valence-corrected chi connectivity index (χ0v) is 13.5. The summed E-state index contributed by atoms with van der Waals surface area (Å²) >= 11 is 6.12. The first-order valence-corrected chi connectivity index (χ1v) is 7.65. The Hall–Kier alpha value is -2.33. The summed E-state index contributed by atoms with van der Waals surface area (Å²) in [6, 6.07) is 15.8. The minimum atomic E-state index is -0.767. The summed E-state index contributed by atoms with van der Waals surface area (Å²) in [7, 11) is 0. The van der Waals surface area contributed by atoms with Crippen LogP contribution in [0.3, 0.4) is 0 Å². The standard InChI is InChI=1S/C18H18ClNO3/c1-13(21)20-17(11-15-9-5-6-10-16(15)19)18(22)23-12-14-7-3-2-4-8-14/h2-10,17H,11-12H2,1H3,(H,20,21). The average molecular weight is 332 g/mol. The van der Waals surface area contributed by atoms with Gasteiger partial charge in [0.05, 0.1) is 0 Å². The highest BCUT2D eigenvalue weighted by molar-refractivity contribution is 6.31. The molecule has 0 aliphatic rings. The van der Waals surface area contributed by atoms with E-state index in [1.165, 1.54) is 6.92 Å². The monoisotopic (exact) mass is 331 g/mol. The third-order valence-electron chi connectivity index (χ3n) is 3.27. The van der Waals surface area contributed by atoms with Crippen LogP contribution >= 0.6 is 11.6 Å². The molecule has 1 unspecified atom stereocenters. The number of rotatable bonds is 6. The zero-order valence-electron chi connectivity index (χ0n) is 12.8. The van der Waals surface area contributed by atoms with E-state index in [4.69, 9.17) is 16.3 Å². The molecule has 2 rings (SSSR count). The van der Waals surface area contributed by atoms with Crippen LogP contribution in [-0.4, -0.2) is 17.9 Å². The summed E-state index contributed by atoms with van der Waals surface area (Å²) < 4.78 is 5.31. The third-order valence-corrected chi connectivity index (χ3v) is 3.64. The van der Waals surface area contributed by atoms with Gasteiger partial charge in [0.2, 0.25) is 5.91 Å². The fourth-order valence-electron chi connectivity index (χ4n) is 2.15. The van der Waals surface area contributed by atoms with E-state index in [2.05, 4.69) is 5.32 Å². The van der Waals surface area contributed by atoms with Gasteiger partial charge in [0.1, 0.15) is 12.6 Å². The lowest BCUT2D eigenvalue weighted by Crippen LogP contribution is -2.42. The Bertz CT molecular complexity index is 673. The van der Waals surface area contributed by atoms with Crippen LogP contribution in [0.1, 0.15) is 18.1 Å². The predicted molar refractivity (Wildman–Crippen MR) is 89.0 cm³/mol. The summed E-state index contributed by atoms with van der Waals surface area (Å²) in [6.07, 6.45) is 0.285. The molecule has 0 saturated carbocycles. The number of esters is 1. The highest BCUT2D eigenvalue weighted by Gasteiger charge is 2.22. The van der Waals surface area contributed by atoms with Gasteiger partial charge < -0.3 is 10.1 Å². The number of hydrogen-bond donors (Lipinski definition) is 1. The summed E-state index contributed by atoms with van der Waals surface area (Å²) in [5.74, 6) is -0.775. The van der Waals surface area contributed by atoms with Gasteiger partial charge in [0.25, 0.3) is 0 Å². The fourth-order valence-corrected chi connectivity index (χ4v) is 2.36. The van der Waals surface area contributed by atoms with Crippen LogP contribution < -0.4 is 5.32 Å². The molecule has 2 aromatic carbocycles. The van der Waals surface area contributed by atoms with Gasteiger partial charge >= 0.3 is 5.97 Å². The maximum Gasteiger partial charge on any atom is 0.329 e. The summed E-state index contributed by atoms with van der Waals surface area (Å²) in [4.78, 5) is 23.6. The van der Waals surface area contributed by atoms with Crippen molar-refractivity contribution in [1.29, 1.82) is 0 Å². The SMILES string of the molecule is CC(=O)NC(Cc1ccccc1Cl)C(=O)OCc1ccccc1. The van der Waals surface area contributed by atoms with Gasteiger partial charge in [0, 0.05) is 18.4 Å². The smallest absolute Gasteiger partial charge is 0.329 e. The maximum atomic E-state index is 12.3. The van der Waals surface area contributed by atoms with E-state index in [-0.39, 0.29) is 18.9 Å². The van der Waals surface area contributed by atoms with Crippen molar-refractivity contribution in [3.8, 4) is 0 Å². The van der Waals surface area contributed by atoms with E-state index in [9.17, 15) is 9.59 Å². The Labute approximate surface area is 140 Å². The Balaban J connectivity index is 2.03. The van der Waals surface area contributed by atoms with E-state index < -0.39 is 12.0 Å². The van der Waals surface area contributed by atoms with E-state index in [0.29, 0.717) is 5.02 Å². The predicted octanol–water partition coefficient (Wildman–Crippen LogP) is 3.13. The number of carbonyl (C=O) groups excluding carboxylic acids is 2. The number of carbonyl (C=O) groups is 2. The van der Waals surface area contributed by atoms with Crippen molar-refractivity contribution in [1.82, 2.24) is 5.32 Å². The molecule has 2 aromatic rings. The minimum Gasteiger partial charge on any atom is -0.459 e. The first kappa shape index (κ1) is 17.0. The van der Waals surface area contributed by atoms with E-state index in [0.717, 1.165) is 11.1 Å². The Kier molecular flexibility index (Phi) is 6.18. The molecular formula is C18H18ClNO3. The molecule has 0 aromatic heterocycles. The first-order chi connectivity index (χ1) is 11.1. The van der Waals surface area contributed by atoms with E-state index in [1.807, 2.05) is 48.5 Å². The average Bonchev–Trinajstić information content (AvgIpc) is 2.54. The van der Waals surface area contributed by atoms with E-state index in [1.54, 1.807) is 6.07 Å². The van der Waals surface area contributed by atoms with E-state index >= 15 is 0 Å². The molecule has 0 spiro atoms. The molecule has 23 heavy (non-hydrogen) atoms. The minimum absolute atomic E-state index is 0.165. The number of ether oxygens (including phenoxy) is 1. The van der Waals surface area contributed by atoms with Crippen molar-refractivity contribution in [2.45, 2.75) is 26.0 Å². The van der Waals surface area contributed by atoms with Crippen molar-refractivity contribution in [2.24, 2.45) is 0 Å². The lowest BCUT2D eigenvalue weighted by Gasteiger charge is -2.17. The quantitative estimate of drug-likeness (QED) is 0.827. The molecule has 0 aliphatic heterocycles. The van der Waals surface area contributed by atoms with Crippen LogP contribution in [0.2, 0.25) is 5.02 Å². The maximum absolute atomic E-state index is 12.3. The van der Waals surface area contributed by atoms with Gasteiger partial charge in [-0.3, -0.25) is 4.79 Å². The molecular weight excluding hydrogens is 314 g/mol. The van der Waals surface area contributed by atoms with Crippen molar-refractivity contribution in [2.75, 3.05) is 0 Å². The normalized spacial score (nSPS) is 11.6. The Morgan fingerprint density at radius 3 is 2.39 bits per heavy atom. The molecule has 0 heterocycles. The molecule has 1 atom stereocenters. The Morgan fingerprint density at radius 1 is 1.09 bits per heavy atom. The zero-order chi connectivity index (χ0) is 16.7. The van der Waals surface area contributed by atoms with Crippen LogP contribution in [0.4, 0.5) is 0 Å². The molecule has 1 amide bonds. The van der Waals surface area contributed by atoms with Gasteiger partial charge in [-0.15, -0.1) is 0 Å². The van der Waals surface area contributed by atoms with Crippen molar-refractivity contribution in [3.63, 3.8) is 0 Å². The van der Waals surface area contributed by atoms with Crippen molar-refractivity contribution >= 4 is 23.5 Å². The van der Waals surface area contributed by atoms with Crippen molar-refractivity contribution < 1.29 is 14.3 Å². The van der Waals surface area contributed by atoms with Crippen LogP contribution in [0, 0.1) is 0 Å². The first-order valence-electron chi connectivity index (χ1n) is 7.27. The van der Waals surface area contributed by atoms with Gasteiger partial charge in [-0.1, -0.05) is 60.1 Å². The number of amides is 1. The molecule has 1 N–H and O–H groups in total. The summed E-state index contributed by atoms with van der Waals surface area (Å²) in [6.45, 7) is 1.53. The molecule has 5 heteroatoms. The van der Waals surface area contributed by atoms with Gasteiger partial charge in [-0.05, 0) is 17.2 Å². The molecule has 0 saturated heterocycles. The molecule has 4 nitrogen and oxygen atoms in total. The molecule has 0 bridgehead atoms. The van der Waals surface area contributed by atoms with Crippen LogP contribution in [0.5, 0.6) is 0 Å². The number of benzene rings is 2. The second-order valence-electron chi connectivity index (χ2n) is 5.14. The van der Waals surface area contributed by atoms with Gasteiger partial charge in [-0.2, -0.15) is 0 Å². The number of hydrogen-bond acceptors (Lipinski definition) is 3. The lowest BCUT2D eigenvalue weighted by molar-refractivity contribution is -0.149. The van der Waals surface area contributed by atoms with Gasteiger partial charge in [0.15, 0.2) is 0 Å². The summed E-state index contributed by atoms with van der Waals surface area (Å²) in [5, 5.41) is 3.17. The highest BCUT2D eigenvalue weighted by atomic mass is 35.5. The largest absolute Gasteiger partial charge is 0.459 e. The van der Waals surface area contributed by atoms with Crippen LogP contribution in [0.15, 0.2) is 54.6 Å². The Morgan fingerprint density at radius 2 is 1.74 bits per heavy atom. The number of nitrogens with one attached hydrogen (secondary N) is 1. The molecule has 0 aliphatic carbocycles. The topological polar surface area (TPSA) is 55.4 Å². The van der Waals surface area contributed by atoms with Crippen LogP contribution in [-0.2, 0) is 27.4 Å². The summed E-state index contributed by atoms with van der Waals surface area (Å²) in [5.41, 5.74) is 1.67. The lowest BCUT2D eigenvalue weighted by atomic mass is 10.1. The van der Waals surface area contributed by atoms with Crippen molar-refractivity contribution in [3.05, 3.63) is 70.7 Å². The molecule has 0 radical (unpaired) electrons. The number of halogens is 1. The molecule has 0 fully saturated rings. The second-order valence-corrected chi connectivity index (χ2v) is 5.55. The second kappa shape index (κ2) is 8.34. The third kappa shape index (κ3) is 5.42. The fraction of sp³-hybridized carbons (Fsp3) is 0.222. The van der Waals surface area contributed by atoms with Gasteiger partial charge in [-0.25, -0.2) is 4.79 Å².